The number of nitrogens with zero attached hydrogens (tertiary/aromatic N) is 2. The van der Waals surface area contributed by atoms with Crippen molar-refractivity contribution in [3.05, 3.63) is 59.3 Å². The maximum atomic E-state index is 11.7. The number of fused-ring (bicyclic) bond motifs is 1. The van der Waals surface area contributed by atoms with Gasteiger partial charge in [0.25, 0.3) is 0 Å². The molecule has 2 aromatic carbocycles. The molecule has 6 nitrogen and oxygen atoms in total. The van der Waals surface area contributed by atoms with E-state index in [0.717, 1.165) is 56.2 Å². The Morgan fingerprint density at radius 1 is 1.24 bits per heavy atom. The van der Waals surface area contributed by atoms with Gasteiger partial charge in [-0.1, -0.05) is 0 Å². The summed E-state index contributed by atoms with van der Waals surface area (Å²) in [6.45, 7) is 2.56. The molecule has 3 N–H and O–H groups in total. The smallest absolute Gasteiger partial charge is 0.307 e. The van der Waals surface area contributed by atoms with Crippen molar-refractivity contribution in [3.63, 3.8) is 0 Å². The normalized spacial score (nSPS) is 12.9. The first-order valence-electron chi connectivity index (χ1n) is 9.47. The average Bonchev–Trinajstić information content (AvgIpc) is 2.69. The van der Waals surface area contributed by atoms with Crippen LogP contribution in [0.4, 0.5) is 5.82 Å². The van der Waals surface area contributed by atoms with E-state index in [1.165, 1.54) is 5.56 Å². The number of hydrogen-bond donors (Lipinski definition) is 2. The van der Waals surface area contributed by atoms with Gasteiger partial charge in [-0.3, -0.25) is 9.78 Å². The molecular weight excluding hydrogens is 366 g/mol. The van der Waals surface area contributed by atoms with Crippen LogP contribution in [-0.2, 0) is 17.6 Å². The van der Waals surface area contributed by atoms with Crippen molar-refractivity contribution in [1.29, 1.82) is 0 Å². The lowest BCUT2D eigenvalue weighted by atomic mass is 9.88. The molecule has 29 heavy (non-hydrogen) atoms. The van der Waals surface area contributed by atoms with Crippen LogP contribution in [0.15, 0.2) is 42.6 Å². The lowest BCUT2D eigenvalue weighted by Gasteiger charge is -2.21. The Hall–Kier alpha value is -3.67. The van der Waals surface area contributed by atoms with E-state index in [9.17, 15) is 9.90 Å². The lowest BCUT2D eigenvalue weighted by molar-refractivity contribution is -0.136. The Bertz CT molecular complexity index is 1300. The summed E-state index contributed by atoms with van der Waals surface area (Å²) in [4.78, 5) is 20.8. The van der Waals surface area contributed by atoms with Gasteiger partial charge in [-0.25, -0.2) is 4.98 Å². The molecule has 0 fully saturated rings. The zero-order valence-corrected chi connectivity index (χ0v) is 15.9. The lowest BCUT2D eigenvalue weighted by Crippen LogP contribution is -2.10. The first kappa shape index (κ1) is 17.4. The van der Waals surface area contributed by atoms with E-state index >= 15 is 0 Å². The van der Waals surface area contributed by atoms with Crippen molar-refractivity contribution in [2.24, 2.45) is 0 Å². The summed E-state index contributed by atoms with van der Waals surface area (Å²) in [5.41, 5.74) is 12.0. The molecule has 0 amide bonds. The standard InChI is InChI=1S/C23H19N3O3/c1-12-10-17-14(3-5-19(24)26-17)22(16(12)11-20(27)28)15-2-4-18-21-13(7-9-29-18)6-8-25-23(15)21/h2-6,8,10H,7,9,11H2,1H3,(H2,24,26)(H,27,28). The molecule has 0 atom stereocenters. The average molecular weight is 385 g/mol. The zero-order valence-electron chi connectivity index (χ0n) is 15.9. The Kier molecular flexibility index (Phi) is 3.87. The summed E-state index contributed by atoms with van der Waals surface area (Å²) in [5, 5.41) is 11.4. The van der Waals surface area contributed by atoms with E-state index < -0.39 is 5.97 Å². The second-order valence-corrected chi connectivity index (χ2v) is 7.32. The van der Waals surface area contributed by atoms with E-state index in [1.807, 2.05) is 37.3 Å². The van der Waals surface area contributed by atoms with E-state index in [0.29, 0.717) is 12.4 Å². The Labute approximate surface area is 167 Å². The van der Waals surface area contributed by atoms with Gasteiger partial charge in [0.1, 0.15) is 11.6 Å². The van der Waals surface area contributed by atoms with Crippen molar-refractivity contribution >= 4 is 33.6 Å². The van der Waals surface area contributed by atoms with Crippen molar-refractivity contribution < 1.29 is 14.6 Å². The van der Waals surface area contributed by atoms with Gasteiger partial charge in [-0.05, 0) is 65.6 Å². The highest BCUT2D eigenvalue weighted by molar-refractivity contribution is 6.08. The minimum atomic E-state index is -0.879. The maximum Gasteiger partial charge on any atom is 0.307 e. The summed E-state index contributed by atoms with van der Waals surface area (Å²) < 4.78 is 5.85. The highest BCUT2D eigenvalue weighted by Crippen LogP contribution is 2.42. The van der Waals surface area contributed by atoms with Crippen LogP contribution < -0.4 is 10.5 Å². The SMILES string of the molecule is Cc1cc2nc(N)ccc2c(-c2ccc3c4c(ccnc24)CCO3)c1CC(=O)O. The van der Waals surface area contributed by atoms with E-state index in [-0.39, 0.29) is 6.42 Å². The summed E-state index contributed by atoms with van der Waals surface area (Å²) in [6, 6.07) is 11.5. The van der Waals surface area contributed by atoms with Crippen molar-refractivity contribution in [3.8, 4) is 16.9 Å². The van der Waals surface area contributed by atoms with Gasteiger partial charge in [-0.15, -0.1) is 0 Å². The van der Waals surface area contributed by atoms with E-state index in [2.05, 4.69) is 9.97 Å². The molecule has 144 valence electrons. The second-order valence-electron chi connectivity index (χ2n) is 7.32. The number of carboxylic acid groups (broad SMARTS) is 1. The first-order valence-corrected chi connectivity index (χ1v) is 9.47. The van der Waals surface area contributed by atoms with Gasteiger partial charge in [0.15, 0.2) is 0 Å². The summed E-state index contributed by atoms with van der Waals surface area (Å²) >= 11 is 0. The number of ether oxygens (including phenoxy) is 1. The zero-order chi connectivity index (χ0) is 20.1. The quantitative estimate of drug-likeness (QED) is 0.555. The number of pyridine rings is 2. The Morgan fingerprint density at radius 3 is 2.93 bits per heavy atom. The second kappa shape index (κ2) is 6.44. The molecule has 0 bridgehead atoms. The number of rotatable bonds is 3. The van der Waals surface area contributed by atoms with Crippen LogP contribution in [0.1, 0.15) is 16.7 Å². The van der Waals surface area contributed by atoms with Crippen LogP contribution in [0, 0.1) is 6.92 Å². The van der Waals surface area contributed by atoms with E-state index in [1.54, 1.807) is 12.3 Å². The topological polar surface area (TPSA) is 98.3 Å². The maximum absolute atomic E-state index is 11.7. The fraction of sp³-hybridized carbons (Fsp3) is 0.174. The van der Waals surface area contributed by atoms with Crippen LogP contribution >= 0.6 is 0 Å². The van der Waals surface area contributed by atoms with Crippen LogP contribution in [0.2, 0.25) is 0 Å². The molecule has 0 saturated heterocycles. The van der Waals surface area contributed by atoms with Gasteiger partial charge in [0.05, 0.1) is 24.1 Å². The predicted octanol–water partition coefficient (Wildman–Crippen LogP) is 3.90. The van der Waals surface area contributed by atoms with Gasteiger partial charge in [-0.2, -0.15) is 0 Å². The highest BCUT2D eigenvalue weighted by atomic mass is 16.5. The van der Waals surface area contributed by atoms with Gasteiger partial charge in [0, 0.05) is 29.0 Å². The van der Waals surface area contributed by atoms with Crippen molar-refractivity contribution in [2.45, 2.75) is 19.8 Å². The molecular formula is C23H19N3O3. The number of carbonyl (C=O) groups is 1. The Morgan fingerprint density at radius 2 is 2.10 bits per heavy atom. The fourth-order valence-electron chi connectivity index (χ4n) is 4.25. The number of aryl methyl sites for hydroxylation is 1. The molecule has 3 heterocycles. The third-order valence-corrected chi connectivity index (χ3v) is 5.51. The van der Waals surface area contributed by atoms with Crippen LogP contribution in [0.3, 0.4) is 0 Å². The predicted molar refractivity (Wildman–Crippen MR) is 112 cm³/mol. The minimum Gasteiger partial charge on any atom is -0.493 e. The van der Waals surface area contributed by atoms with Crippen molar-refractivity contribution in [2.75, 3.05) is 12.3 Å². The van der Waals surface area contributed by atoms with Crippen molar-refractivity contribution in [1.82, 2.24) is 9.97 Å². The molecule has 6 heteroatoms. The highest BCUT2D eigenvalue weighted by Gasteiger charge is 2.22. The third kappa shape index (κ3) is 2.76. The monoisotopic (exact) mass is 385 g/mol. The van der Waals surface area contributed by atoms with E-state index in [4.69, 9.17) is 10.5 Å². The summed E-state index contributed by atoms with van der Waals surface area (Å²) in [5.74, 6) is 0.366. The number of aromatic nitrogens is 2. The number of hydrogen-bond acceptors (Lipinski definition) is 5. The van der Waals surface area contributed by atoms with Crippen LogP contribution in [-0.4, -0.2) is 27.7 Å². The molecule has 2 aromatic heterocycles. The number of nitrogen functional groups attached to an aromatic ring is 1. The molecule has 0 unspecified atom stereocenters. The summed E-state index contributed by atoms with van der Waals surface area (Å²) in [7, 11) is 0. The Balaban J connectivity index is 1.92. The molecule has 0 radical (unpaired) electrons. The largest absolute Gasteiger partial charge is 0.493 e. The third-order valence-electron chi connectivity index (χ3n) is 5.51. The van der Waals surface area contributed by atoms with Gasteiger partial charge >= 0.3 is 5.97 Å². The molecule has 0 aliphatic carbocycles. The number of carboxylic acids is 1. The molecule has 4 aromatic rings. The first-order chi connectivity index (χ1) is 14.0. The number of aliphatic carboxylic acids is 1. The molecule has 0 spiro atoms. The number of benzene rings is 2. The van der Waals surface area contributed by atoms with Crippen LogP contribution in [0.5, 0.6) is 5.75 Å². The number of nitrogens with two attached hydrogens (primary N) is 1. The molecule has 0 saturated carbocycles. The van der Waals surface area contributed by atoms with Crippen LogP contribution in [0.25, 0.3) is 32.9 Å². The molecule has 1 aliphatic heterocycles. The fourth-order valence-corrected chi connectivity index (χ4v) is 4.25. The van der Waals surface area contributed by atoms with Gasteiger partial charge in [0.2, 0.25) is 0 Å². The molecule has 5 rings (SSSR count). The number of anilines is 1. The van der Waals surface area contributed by atoms with Gasteiger partial charge < -0.3 is 15.6 Å². The minimum absolute atomic E-state index is 0.0824. The molecule has 1 aliphatic rings. The summed E-state index contributed by atoms with van der Waals surface area (Å²) in [6.07, 6.45) is 2.55.